The molecule has 0 aliphatic rings. The van der Waals surface area contributed by atoms with E-state index in [1.54, 1.807) is 0 Å². The molecule has 0 spiro atoms. The van der Waals surface area contributed by atoms with Crippen LogP contribution in [0.5, 0.6) is 5.88 Å². The van der Waals surface area contributed by atoms with Gasteiger partial charge in [0.15, 0.2) is 11.2 Å². The highest BCUT2D eigenvalue weighted by Gasteiger charge is 2.39. The van der Waals surface area contributed by atoms with Crippen LogP contribution in [-0.2, 0) is 10.9 Å². The van der Waals surface area contributed by atoms with Gasteiger partial charge in [0.05, 0.1) is 12.2 Å². The average molecular weight is 405 g/mol. The number of alkyl carbamates (subject to hydrolysis) is 1. The molecule has 13 heteroatoms. The highest BCUT2D eigenvalue weighted by Crippen LogP contribution is 2.35. The Balaban J connectivity index is 3.07. The predicted molar refractivity (Wildman–Crippen MR) is 81.8 cm³/mol. The van der Waals surface area contributed by atoms with Crippen LogP contribution in [0.2, 0.25) is 0 Å². The first kappa shape index (κ1) is 21.7. The minimum Gasteiger partial charge on any atom is -0.465 e. The van der Waals surface area contributed by atoms with E-state index in [2.05, 4.69) is 26.7 Å². The molecule has 6 nitrogen and oxygen atoms in total. The van der Waals surface area contributed by atoms with Crippen molar-refractivity contribution in [2.45, 2.75) is 32.3 Å². The van der Waals surface area contributed by atoms with Gasteiger partial charge >= 0.3 is 18.4 Å². The molecule has 2 N–H and O–H groups in total. The molecule has 0 aliphatic carbocycles. The van der Waals surface area contributed by atoms with E-state index in [0.29, 0.717) is 19.1 Å². The molecule has 1 aromatic heterocycles. The lowest BCUT2D eigenvalue weighted by atomic mass is 10.2. The Bertz CT molecular complexity index is 666. The normalized spacial score (nSPS) is 12.9. The third-order valence-corrected chi connectivity index (χ3v) is 2.86. The van der Waals surface area contributed by atoms with Crippen LogP contribution in [0.15, 0.2) is 12.1 Å². The SMILES string of the molecule is CCOC(=O)NC(=S)Nc1nc(O[C@@H](C)C(F)(F)F)ccc1C(F)(F)F. The van der Waals surface area contributed by atoms with Crippen molar-refractivity contribution < 1.29 is 40.6 Å². The monoisotopic (exact) mass is 405 g/mol. The van der Waals surface area contributed by atoms with Gasteiger partial charge in [-0.05, 0) is 32.1 Å². The van der Waals surface area contributed by atoms with Crippen molar-refractivity contribution in [3.05, 3.63) is 17.7 Å². The number of thiocarbonyl (C=S) groups is 1. The first-order chi connectivity index (χ1) is 11.8. The van der Waals surface area contributed by atoms with Gasteiger partial charge < -0.3 is 14.8 Å². The van der Waals surface area contributed by atoms with Crippen molar-refractivity contribution in [2.24, 2.45) is 0 Å². The molecule has 0 saturated carbocycles. The summed E-state index contributed by atoms with van der Waals surface area (Å²) >= 11 is 4.65. The van der Waals surface area contributed by atoms with Crippen LogP contribution in [0.3, 0.4) is 0 Å². The van der Waals surface area contributed by atoms with E-state index in [1.165, 1.54) is 6.92 Å². The highest BCUT2D eigenvalue weighted by atomic mass is 32.1. The zero-order chi connectivity index (χ0) is 20.1. The zero-order valence-corrected chi connectivity index (χ0v) is 14.1. The second-order valence-electron chi connectivity index (χ2n) is 4.64. The second-order valence-corrected chi connectivity index (χ2v) is 5.05. The quantitative estimate of drug-likeness (QED) is 0.585. The van der Waals surface area contributed by atoms with Crippen LogP contribution in [-0.4, -0.2) is 35.1 Å². The highest BCUT2D eigenvalue weighted by molar-refractivity contribution is 7.80. The number of ether oxygens (including phenoxy) is 2. The van der Waals surface area contributed by atoms with Gasteiger partial charge in [0.1, 0.15) is 5.82 Å². The summed E-state index contributed by atoms with van der Waals surface area (Å²) in [5.74, 6) is -1.66. The molecule has 1 heterocycles. The maximum atomic E-state index is 13.0. The molecular formula is C13H13F6N3O3S. The van der Waals surface area contributed by atoms with Gasteiger partial charge in [-0.3, -0.25) is 5.32 Å². The smallest absolute Gasteiger partial charge is 0.425 e. The number of hydrogen-bond donors (Lipinski definition) is 2. The van der Waals surface area contributed by atoms with E-state index in [-0.39, 0.29) is 6.61 Å². The fourth-order valence-electron chi connectivity index (χ4n) is 1.48. The summed E-state index contributed by atoms with van der Waals surface area (Å²) in [6.07, 6.45) is -13.0. The molecule has 0 fully saturated rings. The van der Waals surface area contributed by atoms with Gasteiger partial charge in [-0.15, -0.1) is 0 Å². The minimum atomic E-state index is -4.89. The fraction of sp³-hybridized carbons (Fsp3) is 0.462. The van der Waals surface area contributed by atoms with Gasteiger partial charge in [-0.25, -0.2) is 4.79 Å². The number of anilines is 1. The number of carbonyl (C=O) groups is 1. The number of hydrogen-bond acceptors (Lipinski definition) is 5. The predicted octanol–water partition coefficient (Wildman–Crippen LogP) is 3.87. The summed E-state index contributed by atoms with van der Waals surface area (Å²) in [4.78, 5) is 14.5. The van der Waals surface area contributed by atoms with Gasteiger partial charge in [0, 0.05) is 6.07 Å². The van der Waals surface area contributed by atoms with E-state index in [1.807, 2.05) is 10.6 Å². The summed E-state index contributed by atoms with van der Waals surface area (Å²) in [6, 6.07) is 1.11. The summed E-state index contributed by atoms with van der Waals surface area (Å²) in [6.45, 7) is 2.14. The number of pyridine rings is 1. The maximum absolute atomic E-state index is 13.0. The summed E-state index contributed by atoms with van der Waals surface area (Å²) in [7, 11) is 0. The van der Waals surface area contributed by atoms with Gasteiger partial charge in [0.2, 0.25) is 5.88 Å². The first-order valence-corrected chi connectivity index (χ1v) is 7.31. The molecule has 26 heavy (non-hydrogen) atoms. The van der Waals surface area contributed by atoms with Crippen molar-refractivity contribution in [1.82, 2.24) is 10.3 Å². The molecule has 0 bridgehead atoms. The number of nitrogens with zero attached hydrogens (tertiary/aromatic N) is 1. The van der Waals surface area contributed by atoms with E-state index in [9.17, 15) is 31.1 Å². The molecule has 0 aliphatic heterocycles. The Hall–Kier alpha value is -2.31. The fourth-order valence-corrected chi connectivity index (χ4v) is 1.66. The maximum Gasteiger partial charge on any atom is 0.425 e. The number of rotatable bonds is 4. The Morgan fingerprint density at radius 3 is 2.38 bits per heavy atom. The van der Waals surface area contributed by atoms with Crippen molar-refractivity contribution in [1.29, 1.82) is 0 Å². The van der Waals surface area contributed by atoms with Gasteiger partial charge in [-0.1, -0.05) is 0 Å². The molecule has 1 atom stereocenters. The van der Waals surface area contributed by atoms with Crippen LogP contribution < -0.4 is 15.4 Å². The van der Waals surface area contributed by atoms with Crippen molar-refractivity contribution >= 4 is 29.2 Å². The topological polar surface area (TPSA) is 72.5 Å². The van der Waals surface area contributed by atoms with Crippen molar-refractivity contribution in [3.63, 3.8) is 0 Å². The lowest BCUT2D eigenvalue weighted by Gasteiger charge is -2.19. The van der Waals surface area contributed by atoms with Crippen LogP contribution >= 0.6 is 12.2 Å². The Morgan fingerprint density at radius 1 is 1.27 bits per heavy atom. The lowest BCUT2D eigenvalue weighted by Crippen LogP contribution is -2.35. The standard InChI is InChI=1S/C13H13F6N3O3S/c1-3-24-11(23)22-10(26)21-9-7(13(17,18)19)4-5-8(20-9)25-6(2)12(14,15)16/h4-6H,3H2,1-2H3,(H2,20,21,22,23,26)/t6-/m0/s1. The number of carbonyl (C=O) groups excluding carboxylic acids is 1. The van der Waals surface area contributed by atoms with Gasteiger partial charge in [-0.2, -0.15) is 31.3 Å². The van der Waals surface area contributed by atoms with Crippen LogP contribution in [0.25, 0.3) is 0 Å². The summed E-state index contributed by atoms with van der Waals surface area (Å²) in [5.41, 5.74) is -1.32. The van der Waals surface area contributed by atoms with Crippen molar-refractivity contribution in [3.8, 4) is 5.88 Å². The summed E-state index contributed by atoms with van der Waals surface area (Å²) < 4.78 is 85.5. The molecule has 1 aromatic rings. The number of aromatic nitrogens is 1. The van der Waals surface area contributed by atoms with Crippen molar-refractivity contribution in [2.75, 3.05) is 11.9 Å². The third-order valence-electron chi connectivity index (χ3n) is 2.66. The molecular weight excluding hydrogens is 392 g/mol. The molecule has 0 saturated heterocycles. The van der Waals surface area contributed by atoms with E-state index in [0.717, 1.165) is 0 Å². The van der Waals surface area contributed by atoms with E-state index >= 15 is 0 Å². The number of alkyl halides is 6. The molecule has 146 valence electrons. The molecule has 1 amide bonds. The molecule has 0 unspecified atom stereocenters. The number of nitrogens with one attached hydrogen (secondary N) is 2. The first-order valence-electron chi connectivity index (χ1n) is 6.91. The number of halogens is 6. The summed E-state index contributed by atoms with van der Waals surface area (Å²) in [5, 5.41) is 3.31. The molecule has 0 radical (unpaired) electrons. The third kappa shape index (κ3) is 6.54. The van der Waals surface area contributed by atoms with Crippen LogP contribution in [0, 0.1) is 0 Å². The Labute approximate surface area is 148 Å². The molecule has 0 aromatic carbocycles. The lowest BCUT2D eigenvalue weighted by molar-refractivity contribution is -0.190. The number of amides is 1. The van der Waals surface area contributed by atoms with Crippen LogP contribution in [0.4, 0.5) is 37.0 Å². The van der Waals surface area contributed by atoms with Crippen LogP contribution in [0.1, 0.15) is 19.4 Å². The van der Waals surface area contributed by atoms with E-state index < -0.39 is 46.9 Å². The molecule has 1 rings (SSSR count). The second kappa shape index (κ2) is 8.38. The Morgan fingerprint density at radius 2 is 1.88 bits per heavy atom. The zero-order valence-electron chi connectivity index (χ0n) is 13.3. The van der Waals surface area contributed by atoms with Gasteiger partial charge in [0.25, 0.3) is 0 Å². The van der Waals surface area contributed by atoms with E-state index in [4.69, 9.17) is 0 Å². The minimum absolute atomic E-state index is 0.0147. The average Bonchev–Trinajstić information content (AvgIpc) is 2.45. The Kier molecular flexibility index (Phi) is 7.00. The largest absolute Gasteiger partial charge is 0.465 e.